The number of hydrogen-bond acceptors (Lipinski definition) is 2. The standard InChI is InChI=1S/C15H20Cl2N2O/c1-11-3-2-8-19(10-11)15(20)6-7-18-14-5-4-12(16)9-13(14)17/h4-5,9,11,18H,2-3,6-8,10H2,1H3. The first-order chi connectivity index (χ1) is 9.56. The van der Waals surface area contributed by atoms with Crippen molar-refractivity contribution in [2.24, 2.45) is 5.92 Å². The van der Waals surface area contributed by atoms with Crippen molar-refractivity contribution in [2.45, 2.75) is 26.2 Å². The fourth-order valence-corrected chi connectivity index (χ4v) is 2.99. The number of benzene rings is 1. The molecule has 2 rings (SSSR count). The van der Waals surface area contributed by atoms with Crippen molar-refractivity contribution in [1.29, 1.82) is 0 Å². The third kappa shape index (κ3) is 4.29. The normalized spacial score (nSPS) is 18.9. The number of nitrogens with one attached hydrogen (secondary N) is 1. The number of amides is 1. The maximum Gasteiger partial charge on any atom is 0.224 e. The van der Waals surface area contributed by atoms with Crippen LogP contribution in [-0.4, -0.2) is 30.4 Å². The molecular formula is C15H20Cl2N2O. The summed E-state index contributed by atoms with van der Waals surface area (Å²) in [6, 6.07) is 5.31. The number of halogens is 2. The molecule has 1 unspecified atom stereocenters. The van der Waals surface area contributed by atoms with Crippen LogP contribution in [0.15, 0.2) is 18.2 Å². The second-order valence-corrected chi connectivity index (χ2v) is 6.23. The van der Waals surface area contributed by atoms with Gasteiger partial charge in [-0.05, 0) is 37.0 Å². The third-order valence-corrected chi connectivity index (χ3v) is 4.14. The molecule has 1 aromatic rings. The first kappa shape index (κ1) is 15.5. The van der Waals surface area contributed by atoms with E-state index in [0.29, 0.717) is 28.9 Å². The summed E-state index contributed by atoms with van der Waals surface area (Å²) in [5.41, 5.74) is 0.816. The Labute approximate surface area is 130 Å². The summed E-state index contributed by atoms with van der Waals surface area (Å²) in [6.45, 7) is 4.57. The van der Waals surface area contributed by atoms with Crippen molar-refractivity contribution in [3.05, 3.63) is 28.2 Å². The highest BCUT2D eigenvalue weighted by Crippen LogP contribution is 2.25. The summed E-state index contributed by atoms with van der Waals surface area (Å²) >= 11 is 11.9. The first-order valence-electron chi connectivity index (χ1n) is 7.03. The molecule has 3 nitrogen and oxygen atoms in total. The molecular weight excluding hydrogens is 295 g/mol. The van der Waals surface area contributed by atoms with E-state index >= 15 is 0 Å². The van der Waals surface area contributed by atoms with Gasteiger partial charge in [0, 0.05) is 31.1 Å². The van der Waals surface area contributed by atoms with Gasteiger partial charge in [-0.2, -0.15) is 0 Å². The van der Waals surface area contributed by atoms with Crippen LogP contribution in [0.2, 0.25) is 10.0 Å². The molecule has 0 bridgehead atoms. The van der Waals surface area contributed by atoms with Crippen molar-refractivity contribution in [3.63, 3.8) is 0 Å². The molecule has 1 N–H and O–H groups in total. The Kier molecular flexibility index (Phi) is 5.55. The number of likely N-dealkylation sites (tertiary alicyclic amines) is 1. The molecule has 1 saturated heterocycles. The Hall–Kier alpha value is -0.930. The highest BCUT2D eigenvalue weighted by atomic mass is 35.5. The molecule has 0 spiro atoms. The second-order valence-electron chi connectivity index (χ2n) is 5.39. The molecule has 1 atom stereocenters. The van der Waals surface area contributed by atoms with Crippen molar-refractivity contribution < 1.29 is 4.79 Å². The van der Waals surface area contributed by atoms with Crippen molar-refractivity contribution >= 4 is 34.8 Å². The molecule has 5 heteroatoms. The number of anilines is 1. The van der Waals surface area contributed by atoms with Gasteiger partial charge < -0.3 is 10.2 Å². The lowest BCUT2D eigenvalue weighted by molar-refractivity contribution is -0.132. The summed E-state index contributed by atoms with van der Waals surface area (Å²) in [7, 11) is 0. The molecule has 0 aromatic heterocycles. The van der Waals surface area contributed by atoms with Crippen LogP contribution in [0, 0.1) is 5.92 Å². The molecule has 20 heavy (non-hydrogen) atoms. The Morgan fingerprint density at radius 1 is 1.45 bits per heavy atom. The second kappa shape index (κ2) is 7.19. The lowest BCUT2D eigenvalue weighted by atomic mass is 10.00. The number of hydrogen-bond donors (Lipinski definition) is 1. The summed E-state index contributed by atoms with van der Waals surface area (Å²) in [6.07, 6.45) is 2.83. The molecule has 0 aliphatic carbocycles. The highest BCUT2D eigenvalue weighted by Gasteiger charge is 2.20. The molecule has 1 amide bonds. The minimum Gasteiger partial charge on any atom is -0.383 e. The van der Waals surface area contributed by atoms with Crippen molar-refractivity contribution in [3.8, 4) is 0 Å². The van der Waals surface area contributed by atoms with Crippen LogP contribution < -0.4 is 5.32 Å². The van der Waals surface area contributed by atoms with Crippen LogP contribution in [0.5, 0.6) is 0 Å². The van der Waals surface area contributed by atoms with Gasteiger partial charge in [0.05, 0.1) is 10.7 Å². The molecule has 1 aliphatic rings. The van der Waals surface area contributed by atoms with Gasteiger partial charge in [-0.3, -0.25) is 4.79 Å². The van der Waals surface area contributed by atoms with E-state index in [1.165, 1.54) is 6.42 Å². The average molecular weight is 315 g/mol. The SMILES string of the molecule is CC1CCCN(C(=O)CCNc2ccc(Cl)cc2Cl)C1. The van der Waals surface area contributed by atoms with E-state index in [0.717, 1.165) is 25.2 Å². The summed E-state index contributed by atoms with van der Waals surface area (Å²) in [4.78, 5) is 14.1. The first-order valence-corrected chi connectivity index (χ1v) is 7.78. The predicted molar refractivity (Wildman–Crippen MR) is 84.5 cm³/mol. The quantitative estimate of drug-likeness (QED) is 0.909. The predicted octanol–water partition coefficient (Wildman–Crippen LogP) is 4.05. The Morgan fingerprint density at radius 2 is 2.25 bits per heavy atom. The van der Waals surface area contributed by atoms with E-state index in [4.69, 9.17) is 23.2 Å². The third-order valence-electron chi connectivity index (χ3n) is 3.60. The van der Waals surface area contributed by atoms with E-state index < -0.39 is 0 Å². The van der Waals surface area contributed by atoms with Crippen LogP contribution in [0.4, 0.5) is 5.69 Å². The lowest BCUT2D eigenvalue weighted by Gasteiger charge is -2.31. The maximum absolute atomic E-state index is 12.1. The molecule has 0 radical (unpaired) electrons. The fourth-order valence-electron chi connectivity index (χ4n) is 2.51. The van der Waals surface area contributed by atoms with Gasteiger partial charge in [0.2, 0.25) is 5.91 Å². The zero-order valence-corrected chi connectivity index (χ0v) is 13.2. The lowest BCUT2D eigenvalue weighted by Crippen LogP contribution is -2.39. The molecule has 1 fully saturated rings. The highest BCUT2D eigenvalue weighted by molar-refractivity contribution is 6.36. The van der Waals surface area contributed by atoms with Gasteiger partial charge in [0.25, 0.3) is 0 Å². The Balaban J connectivity index is 1.79. The number of carbonyl (C=O) groups is 1. The minimum atomic E-state index is 0.217. The molecule has 1 aliphatic heterocycles. The van der Waals surface area contributed by atoms with E-state index in [1.54, 1.807) is 12.1 Å². The molecule has 1 heterocycles. The van der Waals surface area contributed by atoms with Crippen LogP contribution in [0.3, 0.4) is 0 Å². The van der Waals surface area contributed by atoms with E-state index in [-0.39, 0.29) is 5.91 Å². The van der Waals surface area contributed by atoms with Crippen molar-refractivity contribution in [1.82, 2.24) is 4.90 Å². The van der Waals surface area contributed by atoms with Crippen LogP contribution in [0.1, 0.15) is 26.2 Å². The number of rotatable bonds is 4. The van der Waals surface area contributed by atoms with Gasteiger partial charge in [-0.1, -0.05) is 30.1 Å². The summed E-state index contributed by atoms with van der Waals surface area (Å²) in [5.74, 6) is 0.834. The zero-order valence-electron chi connectivity index (χ0n) is 11.7. The van der Waals surface area contributed by atoms with Crippen molar-refractivity contribution in [2.75, 3.05) is 25.0 Å². The van der Waals surface area contributed by atoms with Gasteiger partial charge in [-0.25, -0.2) is 0 Å². The monoisotopic (exact) mass is 314 g/mol. The topological polar surface area (TPSA) is 32.3 Å². The number of piperidine rings is 1. The number of nitrogens with zero attached hydrogens (tertiary/aromatic N) is 1. The summed E-state index contributed by atoms with van der Waals surface area (Å²) in [5, 5.41) is 4.37. The van der Waals surface area contributed by atoms with E-state index in [9.17, 15) is 4.79 Å². The van der Waals surface area contributed by atoms with Gasteiger partial charge in [-0.15, -0.1) is 0 Å². The molecule has 0 saturated carbocycles. The van der Waals surface area contributed by atoms with Crippen LogP contribution in [0.25, 0.3) is 0 Å². The maximum atomic E-state index is 12.1. The molecule has 1 aromatic carbocycles. The minimum absolute atomic E-state index is 0.217. The number of carbonyl (C=O) groups excluding carboxylic acids is 1. The Bertz CT molecular complexity index is 479. The van der Waals surface area contributed by atoms with Crippen LogP contribution >= 0.6 is 23.2 Å². The summed E-state index contributed by atoms with van der Waals surface area (Å²) < 4.78 is 0. The smallest absolute Gasteiger partial charge is 0.224 e. The zero-order chi connectivity index (χ0) is 14.5. The fraction of sp³-hybridized carbons (Fsp3) is 0.533. The Morgan fingerprint density at radius 3 is 2.95 bits per heavy atom. The van der Waals surface area contributed by atoms with E-state index in [2.05, 4.69) is 12.2 Å². The van der Waals surface area contributed by atoms with Crippen LogP contribution in [-0.2, 0) is 4.79 Å². The van der Waals surface area contributed by atoms with Gasteiger partial charge >= 0.3 is 0 Å². The molecule has 110 valence electrons. The van der Waals surface area contributed by atoms with E-state index in [1.807, 2.05) is 11.0 Å². The van der Waals surface area contributed by atoms with Gasteiger partial charge in [0.1, 0.15) is 0 Å². The van der Waals surface area contributed by atoms with Gasteiger partial charge in [0.15, 0.2) is 0 Å². The average Bonchev–Trinajstić information content (AvgIpc) is 2.41. The largest absolute Gasteiger partial charge is 0.383 e.